The molecule has 1 aliphatic heterocycles. The summed E-state index contributed by atoms with van der Waals surface area (Å²) in [5.41, 5.74) is 5.11. The van der Waals surface area contributed by atoms with Crippen molar-refractivity contribution in [3.8, 4) is 0 Å². The number of aromatic nitrogens is 3. The first-order valence-corrected chi connectivity index (χ1v) is 8.64. The molecule has 2 aromatic rings. The van der Waals surface area contributed by atoms with E-state index in [0.29, 0.717) is 25.7 Å². The van der Waals surface area contributed by atoms with Gasteiger partial charge >= 0.3 is 0 Å². The van der Waals surface area contributed by atoms with E-state index < -0.39 is 0 Å². The summed E-state index contributed by atoms with van der Waals surface area (Å²) >= 11 is 0. The fourth-order valence-electron chi connectivity index (χ4n) is 3.79. The zero-order valence-corrected chi connectivity index (χ0v) is 14.5. The first kappa shape index (κ1) is 15.4. The van der Waals surface area contributed by atoms with Crippen LogP contribution in [0.15, 0.2) is 12.3 Å². The highest BCUT2D eigenvalue weighted by Gasteiger charge is 2.36. The number of aromatic amines is 1. The van der Waals surface area contributed by atoms with Gasteiger partial charge in [0.25, 0.3) is 5.91 Å². The second-order valence-corrected chi connectivity index (χ2v) is 6.88. The van der Waals surface area contributed by atoms with Crippen molar-refractivity contribution >= 4 is 5.91 Å². The van der Waals surface area contributed by atoms with Crippen molar-refractivity contribution in [2.45, 2.75) is 38.6 Å². The number of aryl methyl sites for hydroxylation is 2. The zero-order chi connectivity index (χ0) is 16.8. The van der Waals surface area contributed by atoms with Crippen molar-refractivity contribution in [2.75, 3.05) is 19.8 Å². The average Bonchev–Trinajstić information content (AvgIpc) is 3.24. The Balaban J connectivity index is 1.69. The van der Waals surface area contributed by atoms with Crippen LogP contribution in [0.25, 0.3) is 0 Å². The molecule has 1 N–H and O–H groups in total. The molecule has 1 saturated carbocycles. The van der Waals surface area contributed by atoms with E-state index in [9.17, 15) is 4.79 Å². The predicted molar refractivity (Wildman–Crippen MR) is 90.0 cm³/mol. The molecule has 4 rings (SSSR count). The molecule has 2 fully saturated rings. The van der Waals surface area contributed by atoms with Gasteiger partial charge in [-0.05, 0) is 38.7 Å². The van der Waals surface area contributed by atoms with Crippen LogP contribution in [-0.2, 0) is 11.8 Å². The van der Waals surface area contributed by atoms with E-state index in [0.717, 1.165) is 28.2 Å². The maximum absolute atomic E-state index is 13.3. The molecule has 6 nitrogen and oxygen atoms in total. The molecular formula is C18H24N4O2. The standard InChI is InChI=1S/C18H24N4O2/c1-11-16(12(2)21(3)20-11)15-10-24-9-8-22(15)18(23)14-6-7-19-17(14)13-4-5-13/h6-7,13,15,19H,4-5,8-10H2,1-3H3. The number of hydrogen-bond acceptors (Lipinski definition) is 3. The van der Waals surface area contributed by atoms with E-state index in [1.54, 1.807) is 0 Å². The Morgan fingerprint density at radius 1 is 1.38 bits per heavy atom. The van der Waals surface area contributed by atoms with Gasteiger partial charge < -0.3 is 14.6 Å². The average molecular weight is 328 g/mol. The highest BCUT2D eigenvalue weighted by atomic mass is 16.5. The normalized spacial score (nSPS) is 21.3. The minimum atomic E-state index is -0.0677. The maximum atomic E-state index is 13.3. The molecule has 2 aromatic heterocycles. The maximum Gasteiger partial charge on any atom is 0.256 e. The lowest BCUT2D eigenvalue weighted by molar-refractivity contribution is -0.00309. The van der Waals surface area contributed by atoms with E-state index >= 15 is 0 Å². The summed E-state index contributed by atoms with van der Waals surface area (Å²) in [6.45, 7) is 5.79. The number of nitrogens with zero attached hydrogens (tertiary/aromatic N) is 3. The molecule has 0 bridgehead atoms. The lowest BCUT2D eigenvalue weighted by atomic mass is 10.0. The molecule has 1 atom stereocenters. The fourth-order valence-corrected chi connectivity index (χ4v) is 3.79. The predicted octanol–water partition coefficient (Wildman–Crippen LogP) is 2.46. The van der Waals surface area contributed by atoms with E-state index in [2.05, 4.69) is 17.0 Å². The number of amides is 1. The molecule has 1 saturated heterocycles. The van der Waals surface area contributed by atoms with Crippen molar-refractivity contribution in [3.05, 3.63) is 40.5 Å². The number of ether oxygens (including phenoxy) is 1. The molecule has 2 aliphatic rings. The first-order chi connectivity index (χ1) is 11.6. The summed E-state index contributed by atoms with van der Waals surface area (Å²) in [7, 11) is 1.94. The van der Waals surface area contributed by atoms with Gasteiger partial charge in [0.2, 0.25) is 0 Å². The van der Waals surface area contributed by atoms with Gasteiger partial charge in [-0.1, -0.05) is 0 Å². The Bertz CT molecular complexity index is 772. The molecule has 3 heterocycles. The lowest BCUT2D eigenvalue weighted by Gasteiger charge is -2.36. The van der Waals surface area contributed by atoms with E-state index in [4.69, 9.17) is 4.74 Å². The van der Waals surface area contributed by atoms with Crippen molar-refractivity contribution in [1.29, 1.82) is 0 Å². The third-order valence-corrected chi connectivity index (χ3v) is 5.28. The number of hydrogen-bond donors (Lipinski definition) is 1. The number of carbonyl (C=O) groups excluding carboxylic acids is 1. The number of carbonyl (C=O) groups is 1. The van der Waals surface area contributed by atoms with Crippen LogP contribution in [0.3, 0.4) is 0 Å². The van der Waals surface area contributed by atoms with Gasteiger partial charge in [-0.25, -0.2) is 0 Å². The zero-order valence-electron chi connectivity index (χ0n) is 14.5. The third-order valence-electron chi connectivity index (χ3n) is 5.28. The molecule has 0 radical (unpaired) electrons. The Kier molecular flexibility index (Phi) is 3.72. The van der Waals surface area contributed by atoms with Gasteiger partial charge in [0, 0.05) is 36.7 Å². The van der Waals surface area contributed by atoms with Gasteiger partial charge in [-0.3, -0.25) is 9.48 Å². The molecular weight excluding hydrogens is 304 g/mol. The third kappa shape index (κ3) is 2.45. The van der Waals surface area contributed by atoms with Gasteiger partial charge in [0.05, 0.1) is 30.5 Å². The van der Waals surface area contributed by atoms with Gasteiger partial charge in [0.15, 0.2) is 0 Å². The summed E-state index contributed by atoms with van der Waals surface area (Å²) < 4.78 is 7.59. The van der Waals surface area contributed by atoms with Gasteiger partial charge in [0.1, 0.15) is 0 Å². The van der Waals surface area contributed by atoms with E-state index in [-0.39, 0.29) is 11.9 Å². The molecule has 6 heteroatoms. The summed E-state index contributed by atoms with van der Waals surface area (Å²) in [5, 5.41) is 4.52. The fraction of sp³-hybridized carbons (Fsp3) is 0.556. The molecule has 24 heavy (non-hydrogen) atoms. The molecule has 128 valence electrons. The molecule has 1 aliphatic carbocycles. The second-order valence-electron chi connectivity index (χ2n) is 6.88. The minimum Gasteiger partial charge on any atom is -0.377 e. The highest BCUT2D eigenvalue weighted by molar-refractivity contribution is 5.96. The second kappa shape index (κ2) is 5.77. The van der Waals surface area contributed by atoms with Crippen LogP contribution in [0.4, 0.5) is 0 Å². The van der Waals surface area contributed by atoms with Crippen LogP contribution in [0, 0.1) is 13.8 Å². The van der Waals surface area contributed by atoms with Crippen LogP contribution in [0.5, 0.6) is 0 Å². The van der Waals surface area contributed by atoms with E-state index in [1.807, 2.05) is 35.8 Å². The largest absolute Gasteiger partial charge is 0.377 e. The van der Waals surface area contributed by atoms with Crippen molar-refractivity contribution < 1.29 is 9.53 Å². The number of nitrogens with one attached hydrogen (secondary N) is 1. The van der Waals surface area contributed by atoms with Crippen LogP contribution in [0.2, 0.25) is 0 Å². The number of morpholine rings is 1. The van der Waals surface area contributed by atoms with Crippen molar-refractivity contribution in [2.24, 2.45) is 7.05 Å². The van der Waals surface area contributed by atoms with Gasteiger partial charge in [-0.2, -0.15) is 5.10 Å². The summed E-state index contributed by atoms with van der Waals surface area (Å²) in [5.74, 6) is 0.634. The highest BCUT2D eigenvalue weighted by Crippen LogP contribution is 2.41. The van der Waals surface area contributed by atoms with E-state index in [1.165, 1.54) is 12.8 Å². The summed E-state index contributed by atoms with van der Waals surface area (Å²) in [6, 6.07) is 1.85. The van der Waals surface area contributed by atoms with Crippen LogP contribution >= 0.6 is 0 Å². The Labute approximate surface area is 141 Å². The molecule has 0 aromatic carbocycles. The van der Waals surface area contributed by atoms with Crippen LogP contribution in [-0.4, -0.2) is 45.3 Å². The first-order valence-electron chi connectivity index (χ1n) is 8.64. The molecule has 0 spiro atoms. The monoisotopic (exact) mass is 328 g/mol. The Morgan fingerprint density at radius 2 is 2.17 bits per heavy atom. The molecule has 1 unspecified atom stereocenters. The SMILES string of the molecule is Cc1nn(C)c(C)c1C1COCCN1C(=O)c1cc[nH]c1C1CC1. The summed E-state index contributed by atoms with van der Waals surface area (Å²) in [4.78, 5) is 18.5. The van der Waals surface area contributed by atoms with Crippen LogP contribution in [0.1, 0.15) is 57.8 Å². The number of rotatable bonds is 3. The quantitative estimate of drug-likeness (QED) is 0.941. The van der Waals surface area contributed by atoms with Gasteiger partial charge in [-0.15, -0.1) is 0 Å². The summed E-state index contributed by atoms with van der Waals surface area (Å²) in [6.07, 6.45) is 4.24. The lowest BCUT2D eigenvalue weighted by Crippen LogP contribution is -2.44. The topological polar surface area (TPSA) is 63.1 Å². The molecule has 1 amide bonds. The Hall–Kier alpha value is -2.08. The van der Waals surface area contributed by atoms with Crippen molar-refractivity contribution in [3.63, 3.8) is 0 Å². The Morgan fingerprint density at radius 3 is 2.83 bits per heavy atom. The smallest absolute Gasteiger partial charge is 0.256 e. The van der Waals surface area contributed by atoms with Crippen LogP contribution < -0.4 is 0 Å². The minimum absolute atomic E-state index is 0.0677. The van der Waals surface area contributed by atoms with Crippen molar-refractivity contribution in [1.82, 2.24) is 19.7 Å². The number of H-pyrrole nitrogens is 1.